The quantitative estimate of drug-likeness (QED) is 0.887. The third-order valence-corrected chi connectivity index (χ3v) is 6.12. The van der Waals surface area contributed by atoms with Gasteiger partial charge in [-0.05, 0) is 37.5 Å². The van der Waals surface area contributed by atoms with Gasteiger partial charge in [0.2, 0.25) is 10.0 Å². The third-order valence-electron chi connectivity index (χ3n) is 3.68. The Hall–Kier alpha value is -0.330. The van der Waals surface area contributed by atoms with E-state index in [1.54, 1.807) is 6.07 Å². The normalized spacial score (nSPS) is 18.4. The molecule has 1 fully saturated rings. The molecular formula is C13H18Cl2N2O2S. The molecule has 3 N–H and O–H groups in total. The molecule has 0 bridgehead atoms. The highest BCUT2D eigenvalue weighted by Gasteiger charge is 2.34. The van der Waals surface area contributed by atoms with E-state index in [1.165, 1.54) is 6.07 Å². The van der Waals surface area contributed by atoms with E-state index in [9.17, 15) is 8.42 Å². The van der Waals surface area contributed by atoms with Crippen LogP contribution in [0.1, 0.15) is 38.2 Å². The second-order valence-corrected chi connectivity index (χ2v) is 7.92. The molecule has 1 aliphatic rings. The van der Waals surface area contributed by atoms with E-state index in [0.717, 1.165) is 25.7 Å². The summed E-state index contributed by atoms with van der Waals surface area (Å²) < 4.78 is 27.8. The first-order valence-electron chi connectivity index (χ1n) is 6.49. The minimum Gasteiger partial charge on any atom is -0.326 e. The number of benzene rings is 1. The Kier molecular flexibility index (Phi) is 4.66. The van der Waals surface area contributed by atoms with Crippen LogP contribution in [0.4, 0.5) is 0 Å². The number of nitrogens with one attached hydrogen (secondary N) is 1. The summed E-state index contributed by atoms with van der Waals surface area (Å²) in [7, 11) is -3.71. The van der Waals surface area contributed by atoms with E-state index >= 15 is 0 Å². The lowest BCUT2D eigenvalue weighted by atomic mass is 10.0. The molecule has 20 heavy (non-hydrogen) atoms. The van der Waals surface area contributed by atoms with Gasteiger partial charge in [-0.1, -0.05) is 36.0 Å². The van der Waals surface area contributed by atoms with Gasteiger partial charge in [0.15, 0.2) is 0 Å². The molecule has 7 heteroatoms. The molecule has 1 aromatic carbocycles. The summed E-state index contributed by atoms with van der Waals surface area (Å²) in [5, 5.41) is 0.456. The van der Waals surface area contributed by atoms with Gasteiger partial charge in [-0.2, -0.15) is 0 Å². The maximum atomic E-state index is 12.5. The largest absolute Gasteiger partial charge is 0.326 e. The van der Waals surface area contributed by atoms with E-state index in [-0.39, 0.29) is 16.5 Å². The fourth-order valence-electron chi connectivity index (χ4n) is 2.60. The molecule has 1 aromatic rings. The smallest absolute Gasteiger partial charge is 0.242 e. The molecule has 0 unspecified atom stereocenters. The number of hydrogen-bond acceptors (Lipinski definition) is 3. The fourth-order valence-corrected chi connectivity index (χ4v) is 5.01. The summed E-state index contributed by atoms with van der Waals surface area (Å²) in [6.45, 7) is 2.05. The Labute approximate surface area is 129 Å². The second-order valence-electron chi connectivity index (χ2n) is 5.45. The number of sulfonamides is 1. The van der Waals surface area contributed by atoms with Crippen molar-refractivity contribution in [1.29, 1.82) is 0 Å². The summed E-state index contributed by atoms with van der Waals surface area (Å²) >= 11 is 12.1. The standard InChI is InChI=1S/C13H18Cl2N2O2S/c1-13(4-2-3-5-13)17-20(18,19)11-7-10(14)6-9(8-16)12(11)15/h6-7,17H,2-5,8,16H2,1H3. The van der Waals surface area contributed by atoms with E-state index in [1.807, 2.05) is 6.92 Å². The van der Waals surface area contributed by atoms with Crippen LogP contribution in [0.25, 0.3) is 0 Å². The molecule has 0 radical (unpaired) electrons. The predicted octanol–water partition coefficient (Wildman–Crippen LogP) is 3.06. The Bertz CT molecular complexity index is 611. The zero-order chi connectivity index (χ0) is 15.0. The van der Waals surface area contributed by atoms with Crippen molar-refractivity contribution in [2.24, 2.45) is 5.73 Å². The molecule has 1 saturated carbocycles. The minimum absolute atomic E-state index is 0.000224. The minimum atomic E-state index is -3.71. The maximum absolute atomic E-state index is 12.5. The summed E-state index contributed by atoms with van der Waals surface area (Å²) in [6.07, 6.45) is 3.70. The van der Waals surface area contributed by atoms with Gasteiger partial charge in [-0.3, -0.25) is 0 Å². The lowest BCUT2D eigenvalue weighted by molar-refractivity contribution is 0.427. The first-order valence-corrected chi connectivity index (χ1v) is 8.73. The van der Waals surface area contributed by atoms with Gasteiger partial charge in [0.05, 0.1) is 5.02 Å². The molecule has 1 aliphatic carbocycles. The molecule has 0 heterocycles. The topological polar surface area (TPSA) is 72.2 Å². The van der Waals surface area contributed by atoms with Gasteiger partial charge in [-0.25, -0.2) is 13.1 Å². The van der Waals surface area contributed by atoms with Crippen LogP contribution in [0, 0.1) is 0 Å². The summed E-state index contributed by atoms with van der Waals surface area (Å²) in [5.41, 5.74) is 5.68. The lowest BCUT2D eigenvalue weighted by Gasteiger charge is -2.25. The maximum Gasteiger partial charge on any atom is 0.242 e. The molecule has 112 valence electrons. The molecule has 0 spiro atoms. The van der Waals surface area contributed by atoms with Crippen LogP contribution in [0.15, 0.2) is 17.0 Å². The molecule has 4 nitrogen and oxygen atoms in total. The Morgan fingerprint density at radius 1 is 1.30 bits per heavy atom. The summed E-state index contributed by atoms with van der Waals surface area (Å²) in [4.78, 5) is 0.000224. The molecule has 0 aliphatic heterocycles. The predicted molar refractivity (Wildman–Crippen MR) is 81.5 cm³/mol. The van der Waals surface area contributed by atoms with Crippen LogP contribution in [-0.4, -0.2) is 14.0 Å². The zero-order valence-electron chi connectivity index (χ0n) is 11.2. The Balaban J connectivity index is 2.41. The number of nitrogens with two attached hydrogens (primary N) is 1. The van der Waals surface area contributed by atoms with Crippen LogP contribution in [-0.2, 0) is 16.6 Å². The van der Waals surface area contributed by atoms with Crippen LogP contribution >= 0.6 is 23.2 Å². The summed E-state index contributed by atoms with van der Waals surface area (Å²) in [5.74, 6) is 0. The third kappa shape index (κ3) is 3.28. The van der Waals surface area contributed by atoms with Gasteiger partial charge in [-0.15, -0.1) is 0 Å². The van der Waals surface area contributed by atoms with Crippen LogP contribution in [0.2, 0.25) is 10.0 Å². The van der Waals surface area contributed by atoms with Crippen LogP contribution in [0.3, 0.4) is 0 Å². The molecule has 0 aromatic heterocycles. The van der Waals surface area contributed by atoms with Gasteiger partial charge >= 0.3 is 0 Å². The first-order chi connectivity index (χ1) is 9.27. The fraction of sp³-hybridized carbons (Fsp3) is 0.538. The van der Waals surface area contributed by atoms with E-state index in [2.05, 4.69) is 4.72 Å². The lowest BCUT2D eigenvalue weighted by Crippen LogP contribution is -2.43. The van der Waals surface area contributed by atoms with Crippen LogP contribution in [0.5, 0.6) is 0 Å². The van der Waals surface area contributed by atoms with Gasteiger partial charge < -0.3 is 5.73 Å². The number of hydrogen-bond donors (Lipinski definition) is 2. The number of halogens is 2. The van der Waals surface area contributed by atoms with Crippen LogP contribution < -0.4 is 10.5 Å². The highest BCUT2D eigenvalue weighted by Crippen LogP contribution is 2.34. The van der Waals surface area contributed by atoms with Gasteiger partial charge in [0.25, 0.3) is 0 Å². The highest BCUT2D eigenvalue weighted by molar-refractivity contribution is 7.89. The average molecular weight is 337 g/mol. The Morgan fingerprint density at radius 3 is 2.45 bits per heavy atom. The highest BCUT2D eigenvalue weighted by atomic mass is 35.5. The van der Waals surface area contributed by atoms with E-state index < -0.39 is 15.6 Å². The molecule has 0 atom stereocenters. The first kappa shape index (κ1) is 16.0. The van der Waals surface area contributed by atoms with E-state index in [4.69, 9.17) is 28.9 Å². The van der Waals surface area contributed by atoms with Crippen molar-refractivity contribution in [3.8, 4) is 0 Å². The average Bonchev–Trinajstić information content (AvgIpc) is 2.77. The second kappa shape index (κ2) is 5.81. The summed E-state index contributed by atoms with van der Waals surface area (Å²) in [6, 6.07) is 2.95. The van der Waals surface area contributed by atoms with E-state index in [0.29, 0.717) is 10.6 Å². The Morgan fingerprint density at radius 2 is 1.90 bits per heavy atom. The molecule has 0 amide bonds. The molecule has 0 saturated heterocycles. The van der Waals surface area contributed by atoms with Crippen molar-refractivity contribution in [2.75, 3.05) is 0 Å². The number of rotatable bonds is 4. The van der Waals surface area contributed by atoms with Crippen molar-refractivity contribution < 1.29 is 8.42 Å². The zero-order valence-corrected chi connectivity index (χ0v) is 13.6. The van der Waals surface area contributed by atoms with Crippen molar-refractivity contribution in [3.05, 3.63) is 27.7 Å². The van der Waals surface area contributed by atoms with Gasteiger partial charge in [0.1, 0.15) is 4.90 Å². The SMILES string of the molecule is CC1(NS(=O)(=O)c2cc(Cl)cc(CN)c2Cl)CCCC1. The van der Waals surface area contributed by atoms with Crippen molar-refractivity contribution in [1.82, 2.24) is 4.72 Å². The van der Waals surface area contributed by atoms with Gasteiger partial charge in [0, 0.05) is 17.1 Å². The van der Waals surface area contributed by atoms with Crippen molar-refractivity contribution in [3.63, 3.8) is 0 Å². The molecular weight excluding hydrogens is 319 g/mol. The monoisotopic (exact) mass is 336 g/mol. The van der Waals surface area contributed by atoms with Crippen molar-refractivity contribution in [2.45, 2.75) is 49.6 Å². The molecule has 2 rings (SSSR count). The van der Waals surface area contributed by atoms with Crippen molar-refractivity contribution >= 4 is 33.2 Å².